The lowest BCUT2D eigenvalue weighted by Crippen LogP contribution is -2.08. The van der Waals surface area contributed by atoms with E-state index in [0.717, 1.165) is 6.42 Å². The molecule has 0 amide bonds. The molecule has 0 atom stereocenters. The van der Waals surface area contributed by atoms with Gasteiger partial charge in [-0.05, 0) is 20.3 Å². The van der Waals surface area contributed by atoms with Crippen molar-refractivity contribution in [2.45, 2.75) is 20.3 Å². The Kier molecular flexibility index (Phi) is 4.61. The molecule has 0 unspecified atom stereocenters. The van der Waals surface area contributed by atoms with Crippen molar-refractivity contribution in [3.8, 4) is 0 Å². The number of rotatable bonds is 3. The predicted molar refractivity (Wildman–Crippen MR) is 33.8 cm³/mol. The van der Waals surface area contributed by atoms with Crippen LogP contribution in [-0.2, 0) is 0 Å². The molecule has 0 rings (SSSR count). The quantitative estimate of drug-likeness (QED) is 0.429. The molecule has 0 bridgehead atoms. The van der Waals surface area contributed by atoms with E-state index in [-0.39, 0.29) is 0 Å². The Balaban J connectivity index is 3.12. The van der Waals surface area contributed by atoms with Crippen molar-refractivity contribution in [2.24, 2.45) is 0 Å². The highest BCUT2D eigenvalue weighted by atomic mass is 16.5. The van der Waals surface area contributed by atoms with E-state index in [1.54, 1.807) is 0 Å². The van der Waals surface area contributed by atoms with Crippen LogP contribution in [-0.4, -0.2) is 11.8 Å². The number of hydrogen-bond acceptors (Lipinski definition) is 2. The molecule has 0 aromatic carbocycles. The van der Waals surface area contributed by atoms with Crippen LogP contribution in [0.4, 0.5) is 0 Å². The van der Waals surface area contributed by atoms with E-state index in [4.69, 9.17) is 5.21 Å². The zero-order chi connectivity index (χ0) is 6.41. The van der Waals surface area contributed by atoms with Crippen LogP contribution < -0.4 is 5.48 Å². The van der Waals surface area contributed by atoms with E-state index in [1.165, 1.54) is 5.57 Å². The van der Waals surface area contributed by atoms with Crippen LogP contribution in [0.15, 0.2) is 11.6 Å². The van der Waals surface area contributed by atoms with Gasteiger partial charge in [-0.3, -0.25) is 0 Å². The average molecular weight is 115 g/mol. The Morgan fingerprint density at radius 1 is 1.75 bits per heavy atom. The Morgan fingerprint density at radius 3 is 2.75 bits per heavy atom. The smallest absolute Gasteiger partial charge is 0.0244 e. The standard InChI is InChI=1S/C6H13NO/c1-3-6(2)4-5-7-8/h3,7-8H,4-5H2,1-2H3/b6-3+. The summed E-state index contributed by atoms with van der Waals surface area (Å²) in [6.07, 6.45) is 2.96. The molecule has 2 heteroatoms. The summed E-state index contributed by atoms with van der Waals surface area (Å²) in [7, 11) is 0. The summed E-state index contributed by atoms with van der Waals surface area (Å²) in [5.74, 6) is 0. The van der Waals surface area contributed by atoms with E-state index in [1.807, 2.05) is 19.9 Å². The third kappa shape index (κ3) is 3.84. The van der Waals surface area contributed by atoms with E-state index < -0.39 is 0 Å². The zero-order valence-electron chi connectivity index (χ0n) is 5.44. The topological polar surface area (TPSA) is 32.3 Å². The van der Waals surface area contributed by atoms with Crippen LogP contribution in [0.5, 0.6) is 0 Å². The average Bonchev–Trinajstić information content (AvgIpc) is 1.83. The first kappa shape index (κ1) is 7.66. The lowest BCUT2D eigenvalue weighted by Gasteiger charge is -1.95. The van der Waals surface area contributed by atoms with Crippen LogP contribution in [0, 0.1) is 0 Å². The maximum Gasteiger partial charge on any atom is 0.0244 e. The highest BCUT2D eigenvalue weighted by molar-refractivity contribution is 4.95. The Morgan fingerprint density at radius 2 is 2.38 bits per heavy atom. The van der Waals surface area contributed by atoms with Gasteiger partial charge in [0.25, 0.3) is 0 Å². The van der Waals surface area contributed by atoms with Crippen LogP contribution in [0.3, 0.4) is 0 Å². The van der Waals surface area contributed by atoms with Gasteiger partial charge in [0.1, 0.15) is 0 Å². The van der Waals surface area contributed by atoms with Gasteiger partial charge >= 0.3 is 0 Å². The summed E-state index contributed by atoms with van der Waals surface area (Å²) in [4.78, 5) is 0. The molecule has 0 spiro atoms. The van der Waals surface area contributed by atoms with Crippen molar-refractivity contribution < 1.29 is 5.21 Å². The van der Waals surface area contributed by atoms with Gasteiger partial charge < -0.3 is 5.21 Å². The molecule has 0 fully saturated rings. The van der Waals surface area contributed by atoms with Gasteiger partial charge in [0.15, 0.2) is 0 Å². The molecule has 0 aliphatic carbocycles. The Bertz CT molecular complexity index is 78.6. The van der Waals surface area contributed by atoms with Crippen LogP contribution in [0.2, 0.25) is 0 Å². The van der Waals surface area contributed by atoms with Crippen molar-refractivity contribution in [2.75, 3.05) is 6.54 Å². The van der Waals surface area contributed by atoms with Crippen molar-refractivity contribution in [1.82, 2.24) is 5.48 Å². The van der Waals surface area contributed by atoms with Gasteiger partial charge in [-0.15, -0.1) is 0 Å². The highest BCUT2D eigenvalue weighted by Gasteiger charge is 1.83. The molecule has 48 valence electrons. The molecule has 0 aromatic rings. The molecule has 0 heterocycles. The minimum atomic E-state index is 0.649. The molecular formula is C6H13NO. The third-order valence-electron chi connectivity index (χ3n) is 1.12. The summed E-state index contributed by atoms with van der Waals surface area (Å²) < 4.78 is 0. The lowest BCUT2D eigenvalue weighted by molar-refractivity contribution is 0.168. The number of nitrogens with one attached hydrogen (secondary N) is 1. The van der Waals surface area contributed by atoms with Crippen molar-refractivity contribution in [3.63, 3.8) is 0 Å². The SMILES string of the molecule is C/C=C(\C)CCNO. The summed E-state index contributed by atoms with van der Waals surface area (Å²) in [5.41, 5.74) is 3.39. The largest absolute Gasteiger partial charge is 0.317 e. The normalized spacial score (nSPS) is 12.1. The number of allylic oxidation sites excluding steroid dienone is 1. The van der Waals surface area contributed by atoms with Crippen LogP contribution >= 0.6 is 0 Å². The monoisotopic (exact) mass is 115 g/mol. The zero-order valence-corrected chi connectivity index (χ0v) is 5.44. The van der Waals surface area contributed by atoms with Gasteiger partial charge in [-0.25, -0.2) is 5.48 Å². The van der Waals surface area contributed by atoms with Gasteiger partial charge in [-0.1, -0.05) is 11.6 Å². The molecular weight excluding hydrogens is 102 g/mol. The second-order valence-corrected chi connectivity index (χ2v) is 1.79. The second kappa shape index (κ2) is 4.81. The van der Waals surface area contributed by atoms with E-state index in [2.05, 4.69) is 5.48 Å². The first-order valence-electron chi connectivity index (χ1n) is 2.80. The number of hydroxylamine groups is 1. The molecule has 0 aliphatic heterocycles. The molecule has 0 aromatic heterocycles. The molecule has 0 aliphatic rings. The second-order valence-electron chi connectivity index (χ2n) is 1.79. The summed E-state index contributed by atoms with van der Waals surface area (Å²) in [6.45, 7) is 4.68. The molecule has 2 nitrogen and oxygen atoms in total. The fraction of sp³-hybridized carbons (Fsp3) is 0.667. The maximum absolute atomic E-state index is 8.13. The van der Waals surface area contributed by atoms with Gasteiger partial charge in [0.05, 0.1) is 0 Å². The van der Waals surface area contributed by atoms with Crippen LogP contribution in [0.25, 0.3) is 0 Å². The molecule has 0 saturated heterocycles. The van der Waals surface area contributed by atoms with Gasteiger partial charge in [0.2, 0.25) is 0 Å². The van der Waals surface area contributed by atoms with Crippen LogP contribution in [0.1, 0.15) is 20.3 Å². The van der Waals surface area contributed by atoms with E-state index in [0.29, 0.717) is 6.54 Å². The lowest BCUT2D eigenvalue weighted by atomic mass is 10.2. The van der Waals surface area contributed by atoms with Crippen molar-refractivity contribution >= 4 is 0 Å². The molecule has 0 saturated carbocycles. The van der Waals surface area contributed by atoms with E-state index >= 15 is 0 Å². The summed E-state index contributed by atoms with van der Waals surface area (Å²) in [5, 5.41) is 8.13. The minimum Gasteiger partial charge on any atom is -0.317 e. The minimum absolute atomic E-state index is 0.649. The first-order chi connectivity index (χ1) is 3.81. The van der Waals surface area contributed by atoms with Crippen molar-refractivity contribution in [1.29, 1.82) is 0 Å². The Hall–Kier alpha value is -0.340. The van der Waals surface area contributed by atoms with Gasteiger partial charge in [-0.2, -0.15) is 0 Å². The highest BCUT2D eigenvalue weighted by Crippen LogP contribution is 1.95. The maximum atomic E-state index is 8.13. The molecule has 0 radical (unpaired) electrons. The summed E-state index contributed by atoms with van der Waals surface area (Å²) in [6, 6.07) is 0. The van der Waals surface area contributed by atoms with Gasteiger partial charge in [0, 0.05) is 6.54 Å². The van der Waals surface area contributed by atoms with E-state index in [9.17, 15) is 0 Å². The fourth-order valence-electron chi connectivity index (χ4n) is 0.397. The first-order valence-corrected chi connectivity index (χ1v) is 2.80. The molecule has 2 N–H and O–H groups in total. The fourth-order valence-corrected chi connectivity index (χ4v) is 0.397. The summed E-state index contributed by atoms with van der Waals surface area (Å²) >= 11 is 0. The number of hydrogen-bond donors (Lipinski definition) is 2. The third-order valence-corrected chi connectivity index (χ3v) is 1.12. The Labute approximate surface area is 50.2 Å². The predicted octanol–water partition coefficient (Wildman–Crippen LogP) is 1.32. The molecule has 8 heavy (non-hydrogen) atoms. The van der Waals surface area contributed by atoms with Crippen molar-refractivity contribution in [3.05, 3.63) is 11.6 Å².